The molecule has 0 radical (unpaired) electrons. The quantitative estimate of drug-likeness (QED) is 0.792. The Hall–Kier alpha value is -1.31. The topological polar surface area (TPSA) is 41.5 Å². The predicted molar refractivity (Wildman–Crippen MR) is 73.5 cm³/mol. The van der Waals surface area contributed by atoms with Gasteiger partial charge in [0.2, 0.25) is 0 Å². The number of allylic oxidation sites excluding steroid dienone is 3. The molecule has 0 aromatic rings. The van der Waals surface area contributed by atoms with Crippen LogP contribution in [-0.2, 0) is 4.79 Å². The van der Waals surface area contributed by atoms with Gasteiger partial charge in [-0.3, -0.25) is 9.79 Å². The molecule has 0 aromatic heterocycles. The number of thioether (sulfide) groups is 1. The number of halogens is 4. The molecule has 0 bridgehead atoms. The number of nitrogens with one attached hydrogen (secondary N) is 1. The van der Waals surface area contributed by atoms with Crippen LogP contribution in [0.1, 0.15) is 20.3 Å². The number of rotatable bonds is 2. The Morgan fingerprint density at radius 1 is 1.52 bits per heavy atom. The highest BCUT2D eigenvalue weighted by molar-refractivity contribution is 8.16. The highest BCUT2D eigenvalue weighted by atomic mass is 32.2. The van der Waals surface area contributed by atoms with Gasteiger partial charge in [0.15, 0.2) is 9.91 Å². The molecule has 0 spiro atoms. The molecule has 8 heteroatoms. The first-order valence-corrected chi connectivity index (χ1v) is 7.14. The zero-order chi connectivity index (χ0) is 15.8. The van der Waals surface area contributed by atoms with Crippen LogP contribution in [0.5, 0.6) is 0 Å². The van der Waals surface area contributed by atoms with Gasteiger partial charge in [-0.25, -0.2) is 4.39 Å². The Bertz CT molecular complexity index is 541. The van der Waals surface area contributed by atoms with Crippen LogP contribution in [0.3, 0.4) is 0 Å². The molecule has 116 valence electrons. The summed E-state index contributed by atoms with van der Waals surface area (Å²) in [5, 5.41) is 2.12. The molecule has 1 fully saturated rings. The fourth-order valence-electron chi connectivity index (χ4n) is 1.98. The van der Waals surface area contributed by atoms with E-state index in [1.807, 2.05) is 0 Å². The van der Waals surface area contributed by atoms with Crippen molar-refractivity contribution in [2.24, 2.45) is 10.9 Å². The summed E-state index contributed by atoms with van der Waals surface area (Å²) in [7, 11) is 0. The van der Waals surface area contributed by atoms with Gasteiger partial charge >= 0.3 is 6.18 Å². The van der Waals surface area contributed by atoms with E-state index in [1.165, 1.54) is 12.2 Å². The van der Waals surface area contributed by atoms with Crippen molar-refractivity contribution >= 4 is 22.8 Å². The van der Waals surface area contributed by atoms with E-state index in [-0.39, 0.29) is 23.0 Å². The van der Waals surface area contributed by atoms with Crippen LogP contribution >= 0.6 is 11.8 Å². The molecular formula is C13H14F4N2OS. The predicted octanol–water partition coefficient (Wildman–Crippen LogP) is 3.34. The molecular weight excluding hydrogens is 308 g/mol. The number of carbonyl (C=O) groups excluding carboxylic acids is 1. The van der Waals surface area contributed by atoms with E-state index >= 15 is 0 Å². The van der Waals surface area contributed by atoms with Crippen LogP contribution in [-0.4, -0.2) is 28.0 Å². The van der Waals surface area contributed by atoms with E-state index in [1.54, 1.807) is 13.0 Å². The zero-order valence-corrected chi connectivity index (χ0v) is 12.2. The van der Waals surface area contributed by atoms with Gasteiger partial charge in [0.25, 0.3) is 5.91 Å². The Morgan fingerprint density at radius 3 is 2.67 bits per heavy atom. The normalized spacial score (nSPS) is 33.0. The van der Waals surface area contributed by atoms with Crippen LogP contribution in [0, 0.1) is 5.92 Å². The van der Waals surface area contributed by atoms with Gasteiger partial charge < -0.3 is 5.32 Å². The van der Waals surface area contributed by atoms with Gasteiger partial charge in [-0.15, -0.1) is 0 Å². The lowest BCUT2D eigenvalue weighted by Gasteiger charge is -2.22. The Morgan fingerprint density at radius 2 is 2.19 bits per heavy atom. The summed E-state index contributed by atoms with van der Waals surface area (Å²) in [6, 6.07) is -0.357. The van der Waals surface area contributed by atoms with E-state index in [2.05, 4.69) is 10.3 Å². The third kappa shape index (κ3) is 3.14. The summed E-state index contributed by atoms with van der Waals surface area (Å²) >= 11 is 0.372. The summed E-state index contributed by atoms with van der Waals surface area (Å²) in [4.78, 5) is 15.7. The second kappa shape index (κ2) is 5.47. The number of hydrogen-bond donors (Lipinski definition) is 1. The first-order valence-electron chi connectivity index (χ1n) is 6.32. The number of carbonyl (C=O) groups is 1. The summed E-state index contributed by atoms with van der Waals surface area (Å²) < 4.78 is 49.1. The fraction of sp³-hybridized carbons (Fsp3) is 0.538. The number of amides is 1. The van der Waals surface area contributed by atoms with Crippen molar-refractivity contribution in [2.75, 3.05) is 0 Å². The Balaban J connectivity index is 2.10. The van der Waals surface area contributed by atoms with Crippen molar-refractivity contribution in [1.29, 1.82) is 0 Å². The number of alkyl halides is 3. The minimum absolute atomic E-state index is 0.0456. The van der Waals surface area contributed by atoms with E-state index in [0.717, 1.165) is 6.92 Å². The molecule has 3 atom stereocenters. The van der Waals surface area contributed by atoms with Crippen LogP contribution in [0.15, 0.2) is 29.0 Å². The van der Waals surface area contributed by atoms with E-state index < -0.39 is 16.8 Å². The van der Waals surface area contributed by atoms with E-state index in [0.29, 0.717) is 18.2 Å². The Kier molecular flexibility index (Phi) is 4.19. The van der Waals surface area contributed by atoms with Crippen LogP contribution < -0.4 is 5.32 Å². The zero-order valence-electron chi connectivity index (χ0n) is 11.4. The first kappa shape index (κ1) is 16.1. The summed E-state index contributed by atoms with van der Waals surface area (Å²) in [5.74, 6) is -1.55. The van der Waals surface area contributed by atoms with Crippen LogP contribution in [0.2, 0.25) is 0 Å². The third-order valence-corrected chi connectivity index (χ3v) is 4.75. The highest BCUT2D eigenvalue weighted by Gasteiger charge is 2.61. The lowest BCUT2D eigenvalue weighted by atomic mass is 9.94. The van der Waals surface area contributed by atoms with Gasteiger partial charge in [0.05, 0.1) is 6.04 Å². The van der Waals surface area contributed by atoms with Gasteiger partial charge in [-0.2, -0.15) is 13.2 Å². The number of aliphatic imine (C=N–C) groups is 1. The van der Waals surface area contributed by atoms with Crippen molar-refractivity contribution in [3.05, 3.63) is 24.1 Å². The van der Waals surface area contributed by atoms with Crippen molar-refractivity contribution in [1.82, 2.24) is 5.32 Å². The Labute approximate surface area is 123 Å². The molecule has 2 aliphatic rings. The summed E-state index contributed by atoms with van der Waals surface area (Å²) in [6.45, 7) is 2.55. The minimum atomic E-state index is -4.65. The van der Waals surface area contributed by atoms with Crippen molar-refractivity contribution < 1.29 is 22.4 Å². The lowest BCUT2D eigenvalue weighted by molar-refractivity contribution is -0.166. The monoisotopic (exact) mass is 322 g/mol. The van der Waals surface area contributed by atoms with Crippen LogP contribution in [0.25, 0.3) is 0 Å². The minimum Gasteiger partial charge on any atom is -0.304 e. The summed E-state index contributed by atoms with van der Waals surface area (Å²) in [6.07, 6.45) is 0.120. The van der Waals surface area contributed by atoms with Gasteiger partial charge in [-0.1, -0.05) is 17.8 Å². The molecule has 1 aliphatic carbocycles. The van der Waals surface area contributed by atoms with Gasteiger partial charge in [-0.05, 0) is 32.4 Å². The molecule has 1 heterocycles. The molecule has 1 amide bonds. The molecule has 21 heavy (non-hydrogen) atoms. The van der Waals surface area contributed by atoms with Gasteiger partial charge in [0.1, 0.15) is 5.83 Å². The molecule has 1 N–H and O–H groups in total. The molecule has 1 saturated heterocycles. The maximum absolute atomic E-state index is 12.9. The molecule has 1 unspecified atom stereocenters. The maximum atomic E-state index is 12.9. The molecule has 2 rings (SSSR count). The standard InChI is InChI=1S/C13H14F4N2OS/c1-7(8-3-5-9(14)6-4-8)18-11-19-10(20)12(2,21-11)13(15,16)17/h3,5-8H,4H2,1-2H3,(H,18,19,20)/t7-,8?,12+/m0/s1. The highest BCUT2D eigenvalue weighted by Crippen LogP contribution is 2.45. The lowest BCUT2D eigenvalue weighted by Crippen LogP contribution is -2.46. The molecule has 0 saturated carbocycles. The van der Waals surface area contributed by atoms with E-state index in [9.17, 15) is 22.4 Å². The van der Waals surface area contributed by atoms with Crippen molar-refractivity contribution in [2.45, 2.75) is 37.2 Å². The third-order valence-electron chi connectivity index (χ3n) is 3.52. The second-order valence-corrected chi connectivity index (χ2v) is 6.52. The first-order chi connectivity index (χ1) is 9.63. The van der Waals surface area contributed by atoms with Gasteiger partial charge in [0, 0.05) is 5.92 Å². The number of hydrogen-bond acceptors (Lipinski definition) is 3. The summed E-state index contributed by atoms with van der Waals surface area (Å²) in [5.41, 5.74) is 0. The average Bonchev–Trinajstić information content (AvgIpc) is 2.66. The molecule has 0 aromatic carbocycles. The van der Waals surface area contributed by atoms with E-state index in [4.69, 9.17) is 0 Å². The fourth-order valence-corrected chi connectivity index (χ4v) is 2.98. The smallest absolute Gasteiger partial charge is 0.304 e. The van der Waals surface area contributed by atoms with Crippen molar-refractivity contribution in [3.63, 3.8) is 0 Å². The SMILES string of the molecule is C[C@H](N=C1NC(=O)[C@](C)(C(F)(F)F)S1)C1C=CC(F)=CC1. The number of amidine groups is 1. The largest absolute Gasteiger partial charge is 0.412 e. The number of nitrogens with zero attached hydrogens (tertiary/aromatic N) is 1. The molecule has 3 nitrogen and oxygen atoms in total. The van der Waals surface area contributed by atoms with Crippen molar-refractivity contribution in [3.8, 4) is 0 Å². The molecule has 1 aliphatic heterocycles. The average molecular weight is 322 g/mol. The maximum Gasteiger partial charge on any atom is 0.412 e. The second-order valence-electron chi connectivity index (χ2n) is 5.11. The van der Waals surface area contributed by atoms with Crippen LogP contribution in [0.4, 0.5) is 17.6 Å².